The highest BCUT2D eigenvalue weighted by Gasteiger charge is 2.64. The van der Waals surface area contributed by atoms with E-state index >= 15 is 0 Å². The molecule has 0 amide bonds. The number of fused-ring (bicyclic) bond motifs is 2. The summed E-state index contributed by atoms with van der Waals surface area (Å²) in [6, 6.07) is 0. The van der Waals surface area contributed by atoms with Crippen LogP contribution < -0.4 is 0 Å². The molecular weight excluding hydrogens is 516 g/mol. The van der Waals surface area contributed by atoms with E-state index in [0.29, 0.717) is 31.4 Å². The van der Waals surface area contributed by atoms with Crippen molar-refractivity contribution < 1.29 is 43.7 Å². The zero-order valence-corrected chi connectivity index (χ0v) is 23.7. The highest BCUT2D eigenvalue weighted by molar-refractivity contribution is 5.92. The van der Waals surface area contributed by atoms with Crippen LogP contribution in [0.1, 0.15) is 79.1 Å². The first kappa shape index (κ1) is 31.0. The molecule has 0 saturated heterocycles. The van der Waals surface area contributed by atoms with E-state index in [4.69, 9.17) is 19.7 Å². The number of carbonyl (C=O) groups excluding carboxylic acids is 3. The summed E-state index contributed by atoms with van der Waals surface area (Å²) in [5.74, 6) is -4.91. The minimum Gasteiger partial charge on any atom is -0.478 e. The lowest BCUT2D eigenvalue weighted by Crippen LogP contribution is -2.61. The van der Waals surface area contributed by atoms with Gasteiger partial charge in [0.2, 0.25) is 0 Å². The van der Waals surface area contributed by atoms with Crippen molar-refractivity contribution in [1.29, 1.82) is 0 Å². The van der Waals surface area contributed by atoms with E-state index in [-0.39, 0.29) is 28.8 Å². The Morgan fingerprint density at radius 1 is 1.02 bits per heavy atom. The molecule has 3 aliphatic carbocycles. The summed E-state index contributed by atoms with van der Waals surface area (Å²) >= 11 is 0. The normalized spacial score (nSPS) is 28.1. The molecule has 2 N–H and O–H groups in total. The van der Waals surface area contributed by atoms with Gasteiger partial charge in [-0.05, 0) is 53.7 Å². The first-order valence-electron chi connectivity index (χ1n) is 14.0. The molecule has 3 unspecified atom stereocenters. The molecule has 9 heteroatoms. The third kappa shape index (κ3) is 6.98. The topological polar surface area (TPSA) is 144 Å². The smallest absolute Gasteiger partial charge is 0.336 e. The number of ether oxygens (including phenoxy) is 2. The van der Waals surface area contributed by atoms with Crippen LogP contribution in [0.4, 0.5) is 0 Å². The van der Waals surface area contributed by atoms with Gasteiger partial charge in [0.25, 0.3) is 0 Å². The standard InChI is InChI=1S/C31H40O9/c1-5-6-7-8-15-30(2,3)20-17-23(39-27(37)13-11-25(33)34)29(24(18-20)40-28(38)14-12-26(35)36)31(4)19-9-10-22(32)21(31)16-19/h11-14,17-19,21,23,29H,5-10,15-16H2,1-4H3,(H,33,34)(H,35,36)/b13-11+,14-12+/t19-,21-,23?,29?,31?/m1/s1. The predicted molar refractivity (Wildman–Crippen MR) is 146 cm³/mol. The summed E-state index contributed by atoms with van der Waals surface area (Å²) in [6.45, 7) is 8.19. The van der Waals surface area contributed by atoms with Crippen LogP contribution in [0.3, 0.4) is 0 Å². The zero-order chi connectivity index (χ0) is 29.7. The highest BCUT2D eigenvalue weighted by Crippen LogP contribution is 2.65. The first-order valence-corrected chi connectivity index (χ1v) is 14.0. The number of esters is 2. The molecule has 5 atom stereocenters. The number of unbranched alkanes of at least 4 members (excludes halogenated alkanes) is 3. The Morgan fingerprint density at radius 3 is 2.25 bits per heavy atom. The number of carbonyl (C=O) groups is 5. The van der Waals surface area contributed by atoms with E-state index in [1.165, 1.54) is 0 Å². The quantitative estimate of drug-likeness (QED) is 0.178. The van der Waals surface area contributed by atoms with Crippen LogP contribution in [0.15, 0.2) is 47.8 Å². The molecule has 218 valence electrons. The van der Waals surface area contributed by atoms with Gasteiger partial charge >= 0.3 is 23.9 Å². The van der Waals surface area contributed by atoms with E-state index in [2.05, 4.69) is 20.8 Å². The lowest BCUT2D eigenvalue weighted by atomic mass is 9.42. The number of aliphatic carboxylic acids is 2. The fourth-order valence-corrected chi connectivity index (χ4v) is 6.53. The van der Waals surface area contributed by atoms with Crippen molar-refractivity contribution >= 4 is 29.7 Å². The largest absolute Gasteiger partial charge is 0.478 e. The number of allylic oxidation sites excluding steroid dienone is 2. The predicted octanol–water partition coefficient (Wildman–Crippen LogP) is 5.17. The fourth-order valence-electron chi connectivity index (χ4n) is 6.53. The monoisotopic (exact) mass is 556 g/mol. The minimum absolute atomic E-state index is 0.114. The number of hydrogen-bond donors (Lipinski definition) is 2. The second kappa shape index (κ2) is 12.8. The summed E-state index contributed by atoms with van der Waals surface area (Å²) in [4.78, 5) is 60.4. The molecule has 0 spiro atoms. The molecule has 2 saturated carbocycles. The molecule has 0 aliphatic heterocycles. The Labute approximate surface area is 235 Å². The third-order valence-corrected chi connectivity index (χ3v) is 8.86. The van der Waals surface area contributed by atoms with Crippen LogP contribution in [-0.4, -0.2) is 46.0 Å². The summed E-state index contributed by atoms with van der Waals surface area (Å²) in [5, 5.41) is 17.9. The number of carboxylic acid groups (broad SMARTS) is 2. The number of ketones is 1. The Balaban J connectivity index is 2.07. The van der Waals surface area contributed by atoms with Crippen molar-refractivity contribution in [1.82, 2.24) is 0 Å². The van der Waals surface area contributed by atoms with Gasteiger partial charge in [0, 0.05) is 36.6 Å². The maximum Gasteiger partial charge on any atom is 0.336 e. The molecule has 9 nitrogen and oxygen atoms in total. The molecule has 0 radical (unpaired) electrons. The van der Waals surface area contributed by atoms with E-state index in [9.17, 15) is 24.0 Å². The van der Waals surface area contributed by atoms with Gasteiger partial charge in [0.1, 0.15) is 17.6 Å². The molecule has 0 aromatic carbocycles. The average Bonchev–Trinajstić information content (AvgIpc) is 2.88. The van der Waals surface area contributed by atoms with Crippen molar-refractivity contribution in [2.24, 2.45) is 28.6 Å². The molecule has 3 aliphatic rings. The third-order valence-electron chi connectivity index (χ3n) is 8.86. The maximum atomic E-state index is 12.9. The highest BCUT2D eigenvalue weighted by atomic mass is 16.6. The molecule has 2 bridgehead atoms. The van der Waals surface area contributed by atoms with Crippen molar-refractivity contribution in [3.05, 3.63) is 47.8 Å². The van der Waals surface area contributed by atoms with Crippen molar-refractivity contribution in [3.63, 3.8) is 0 Å². The molecule has 0 aromatic heterocycles. The molecule has 2 fully saturated rings. The Morgan fingerprint density at radius 2 is 1.68 bits per heavy atom. The van der Waals surface area contributed by atoms with Gasteiger partial charge in [0.05, 0.1) is 5.92 Å². The van der Waals surface area contributed by atoms with E-state index < -0.39 is 41.3 Å². The second-order valence-electron chi connectivity index (χ2n) is 11.9. The number of carboxylic acids is 2. The first-order chi connectivity index (χ1) is 18.8. The number of rotatable bonds is 13. The van der Waals surface area contributed by atoms with E-state index in [1.54, 1.807) is 6.08 Å². The lowest BCUT2D eigenvalue weighted by Gasteiger charge is -2.61. The van der Waals surface area contributed by atoms with Gasteiger partial charge in [-0.3, -0.25) is 4.79 Å². The Bertz CT molecular complexity index is 1150. The summed E-state index contributed by atoms with van der Waals surface area (Å²) in [6.07, 6.45) is 12.6. The zero-order valence-electron chi connectivity index (χ0n) is 23.7. The van der Waals surface area contributed by atoms with E-state index in [0.717, 1.165) is 49.8 Å². The van der Waals surface area contributed by atoms with Crippen LogP contribution in [0.2, 0.25) is 0 Å². The molecule has 40 heavy (non-hydrogen) atoms. The van der Waals surface area contributed by atoms with Gasteiger partial charge < -0.3 is 19.7 Å². The van der Waals surface area contributed by atoms with Crippen LogP contribution in [0.25, 0.3) is 0 Å². The molecule has 0 aromatic rings. The summed E-state index contributed by atoms with van der Waals surface area (Å²) < 4.78 is 11.6. The molecule has 0 heterocycles. The van der Waals surface area contributed by atoms with Crippen LogP contribution >= 0.6 is 0 Å². The molecular formula is C31H40O9. The SMILES string of the molecule is CCCCCCC(C)(C)C1=CC(OC(=O)/C=C/C(=O)O)C(C2(C)[C@@H]3CCC(=O)[C@H]2C3)C(OC(=O)/C=C/C(=O)O)=C1. The van der Waals surface area contributed by atoms with Crippen molar-refractivity contribution in [3.8, 4) is 0 Å². The Kier molecular flexibility index (Phi) is 9.92. The summed E-state index contributed by atoms with van der Waals surface area (Å²) in [5.41, 5.74) is -0.280. The van der Waals surface area contributed by atoms with Gasteiger partial charge in [-0.25, -0.2) is 19.2 Å². The van der Waals surface area contributed by atoms with Crippen LogP contribution in [-0.2, 0) is 33.4 Å². The Hall–Kier alpha value is -3.49. The van der Waals surface area contributed by atoms with Crippen LogP contribution in [0.5, 0.6) is 0 Å². The maximum absolute atomic E-state index is 12.9. The van der Waals surface area contributed by atoms with Crippen molar-refractivity contribution in [2.45, 2.75) is 85.2 Å². The van der Waals surface area contributed by atoms with Gasteiger partial charge in [-0.2, -0.15) is 0 Å². The lowest BCUT2D eigenvalue weighted by molar-refractivity contribution is -0.176. The second-order valence-corrected chi connectivity index (χ2v) is 11.9. The van der Waals surface area contributed by atoms with E-state index in [1.807, 2.05) is 13.0 Å². The molecule has 3 rings (SSSR count). The van der Waals surface area contributed by atoms with Gasteiger partial charge in [-0.15, -0.1) is 0 Å². The van der Waals surface area contributed by atoms with Gasteiger partial charge in [-0.1, -0.05) is 53.4 Å². The average molecular weight is 557 g/mol. The van der Waals surface area contributed by atoms with Gasteiger partial charge in [0.15, 0.2) is 0 Å². The van der Waals surface area contributed by atoms with Crippen LogP contribution in [0, 0.1) is 28.6 Å². The minimum atomic E-state index is -1.30. The summed E-state index contributed by atoms with van der Waals surface area (Å²) in [7, 11) is 0. The number of Topliss-reactive ketones (excluding diaryl/α,β-unsaturated/α-hetero) is 1. The number of hydrogen-bond acceptors (Lipinski definition) is 7. The fraction of sp³-hybridized carbons (Fsp3) is 0.581. The van der Waals surface area contributed by atoms with Crippen molar-refractivity contribution in [2.75, 3.05) is 0 Å².